The van der Waals surface area contributed by atoms with Crippen LogP contribution in [0.1, 0.15) is 24.4 Å². The summed E-state index contributed by atoms with van der Waals surface area (Å²) in [6, 6.07) is 4.69. The van der Waals surface area contributed by atoms with Gasteiger partial charge in [0.25, 0.3) is 0 Å². The summed E-state index contributed by atoms with van der Waals surface area (Å²) in [5.41, 5.74) is 0. The van der Waals surface area contributed by atoms with E-state index in [0.717, 1.165) is 37.7 Å². The molecule has 2 amide bonds. The molecule has 0 N–H and O–H groups in total. The van der Waals surface area contributed by atoms with Crippen LogP contribution in [0.4, 0.5) is 4.79 Å². The van der Waals surface area contributed by atoms with Gasteiger partial charge in [0.05, 0.1) is 6.54 Å². The number of carbonyl (C=O) groups excluding carboxylic acids is 1. The number of amides is 2. The molecule has 1 aromatic heterocycles. The number of rotatable bonds is 2. The fraction of sp³-hybridized carbons (Fsp3) is 0.688. The second kappa shape index (κ2) is 5.72. The number of carbonyl (C=O) groups is 1. The molecule has 5 nitrogen and oxygen atoms in total. The molecule has 2 atom stereocenters. The highest BCUT2D eigenvalue weighted by Crippen LogP contribution is 2.29. The third-order valence-electron chi connectivity index (χ3n) is 4.64. The number of aryl methyl sites for hydroxylation is 1. The Morgan fingerprint density at radius 1 is 1.29 bits per heavy atom. The SMILES string of the molecule is Cc1ccc(CN2C[C@H]3CC[C@@H]2CN(C(=O)N(C)C)C3)o1. The molecular formula is C16H25N3O2. The zero-order chi connectivity index (χ0) is 15.0. The summed E-state index contributed by atoms with van der Waals surface area (Å²) in [6.07, 6.45) is 2.41. The molecule has 3 aliphatic heterocycles. The highest BCUT2D eigenvalue weighted by atomic mass is 16.3. The van der Waals surface area contributed by atoms with Crippen LogP contribution < -0.4 is 0 Å². The van der Waals surface area contributed by atoms with Gasteiger partial charge in [-0.1, -0.05) is 0 Å². The van der Waals surface area contributed by atoms with Crippen molar-refractivity contribution in [2.24, 2.45) is 5.92 Å². The monoisotopic (exact) mass is 291 g/mol. The molecule has 0 aliphatic carbocycles. The Labute approximate surface area is 126 Å². The number of hydrogen-bond donors (Lipinski definition) is 0. The Bertz CT molecular complexity index is 511. The molecule has 1 aromatic rings. The van der Waals surface area contributed by atoms with E-state index in [0.29, 0.717) is 12.0 Å². The molecular weight excluding hydrogens is 266 g/mol. The van der Waals surface area contributed by atoms with Crippen LogP contribution in [-0.4, -0.2) is 60.5 Å². The Morgan fingerprint density at radius 3 is 2.76 bits per heavy atom. The average Bonchev–Trinajstić information content (AvgIpc) is 2.67. The topological polar surface area (TPSA) is 39.9 Å². The smallest absolute Gasteiger partial charge is 0.319 e. The predicted molar refractivity (Wildman–Crippen MR) is 81.0 cm³/mol. The molecule has 116 valence electrons. The first kappa shape index (κ1) is 14.4. The molecule has 3 saturated heterocycles. The standard InChI is InChI=1S/C16H25N3O2/c1-12-4-7-15(21-12)11-18-8-13-5-6-14(18)10-19(9-13)16(20)17(2)3/h4,7,13-14H,5-6,8-11H2,1-3H3/t13-,14-/m1/s1. The summed E-state index contributed by atoms with van der Waals surface area (Å²) < 4.78 is 5.72. The van der Waals surface area contributed by atoms with Crippen LogP contribution in [0.3, 0.4) is 0 Å². The third kappa shape index (κ3) is 3.07. The Kier molecular flexibility index (Phi) is 3.93. The van der Waals surface area contributed by atoms with Crippen LogP contribution in [0.5, 0.6) is 0 Å². The number of fused-ring (bicyclic) bond motifs is 4. The van der Waals surface area contributed by atoms with Gasteiger partial charge in [0.2, 0.25) is 0 Å². The molecule has 3 aliphatic rings. The lowest BCUT2D eigenvalue weighted by Gasteiger charge is -2.35. The van der Waals surface area contributed by atoms with Gasteiger partial charge >= 0.3 is 6.03 Å². The van der Waals surface area contributed by atoms with Crippen LogP contribution in [0, 0.1) is 12.8 Å². The maximum absolute atomic E-state index is 12.3. The van der Waals surface area contributed by atoms with Gasteiger partial charge in [-0.2, -0.15) is 0 Å². The minimum Gasteiger partial charge on any atom is -0.465 e. The summed E-state index contributed by atoms with van der Waals surface area (Å²) in [5, 5.41) is 0. The van der Waals surface area contributed by atoms with Gasteiger partial charge < -0.3 is 14.2 Å². The van der Waals surface area contributed by atoms with E-state index in [4.69, 9.17) is 4.42 Å². The Balaban J connectivity index is 1.70. The summed E-state index contributed by atoms with van der Waals surface area (Å²) in [5.74, 6) is 2.59. The normalized spacial score (nSPS) is 26.0. The van der Waals surface area contributed by atoms with E-state index in [1.807, 2.05) is 32.0 Å². The quantitative estimate of drug-likeness (QED) is 0.838. The van der Waals surface area contributed by atoms with Crippen molar-refractivity contribution in [2.45, 2.75) is 32.4 Å². The first-order valence-electron chi connectivity index (χ1n) is 7.78. The largest absolute Gasteiger partial charge is 0.465 e. The maximum Gasteiger partial charge on any atom is 0.319 e. The number of piperidine rings is 1. The van der Waals surface area contributed by atoms with Crippen molar-refractivity contribution >= 4 is 6.03 Å². The second-order valence-corrected chi connectivity index (χ2v) is 6.62. The number of hydrogen-bond acceptors (Lipinski definition) is 3. The number of furan rings is 1. The number of urea groups is 1. The fourth-order valence-electron chi connectivity index (χ4n) is 3.58. The van der Waals surface area contributed by atoms with E-state index in [1.54, 1.807) is 4.90 Å². The van der Waals surface area contributed by atoms with Crippen LogP contribution in [0.15, 0.2) is 16.5 Å². The molecule has 0 aromatic carbocycles. The predicted octanol–water partition coefficient (Wildman–Crippen LogP) is 2.17. The molecule has 0 radical (unpaired) electrons. The molecule has 0 spiro atoms. The lowest BCUT2D eigenvalue weighted by atomic mass is 9.95. The van der Waals surface area contributed by atoms with Crippen molar-refractivity contribution in [3.05, 3.63) is 23.7 Å². The first-order valence-corrected chi connectivity index (χ1v) is 7.78. The summed E-state index contributed by atoms with van der Waals surface area (Å²) in [4.78, 5) is 18.5. The highest BCUT2D eigenvalue weighted by Gasteiger charge is 2.37. The van der Waals surface area contributed by atoms with E-state index < -0.39 is 0 Å². The molecule has 21 heavy (non-hydrogen) atoms. The van der Waals surface area contributed by atoms with Gasteiger partial charge in [0.1, 0.15) is 11.5 Å². The van der Waals surface area contributed by atoms with E-state index in [-0.39, 0.29) is 6.03 Å². The van der Waals surface area contributed by atoms with Crippen molar-refractivity contribution < 1.29 is 9.21 Å². The molecule has 4 rings (SSSR count). The van der Waals surface area contributed by atoms with Crippen molar-refractivity contribution in [2.75, 3.05) is 33.7 Å². The molecule has 3 fully saturated rings. The van der Waals surface area contributed by atoms with E-state index in [9.17, 15) is 4.79 Å². The van der Waals surface area contributed by atoms with Gasteiger partial charge in [-0.3, -0.25) is 4.90 Å². The van der Waals surface area contributed by atoms with E-state index >= 15 is 0 Å². The zero-order valence-corrected chi connectivity index (χ0v) is 13.2. The Hall–Kier alpha value is -1.49. The van der Waals surface area contributed by atoms with Crippen LogP contribution in [0.25, 0.3) is 0 Å². The lowest BCUT2D eigenvalue weighted by molar-refractivity contribution is 0.114. The van der Waals surface area contributed by atoms with Gasteiger partial charge in [0, 0.05) is 39.8 Å². The lowest BCUT2D eigenvalue weighted by Crippen LogP contribution is -2.45. The Morgan fingerprint density at radius 2 is 2.10 bits per heavy atom. The summed E-state index contributed by atoms with van der Waals surface area (Å²) in [7, 11) is 3.66. The molecule has 4 heterocycles. The van der Waals surface area contributed by atoms with Crippen LogP contribution in [0.2, 0.25) is 0 Å². The van der Waals surface area contributed by atoms with E-state index in [2.05, 4.69) is 11.0 Å². The van der Waals surface area contributed by atoms with E-state index in [1.165, 1.54) is 12.8 Å². The van der Waals surface area contributed by atoms with Crippen molar-refractivity contribution in [3.63, 3.8) is 0 Å². The summed E-state index contributed by atoms with van der Waals surface area (Å²) >= 11 is 0. The van der Waals surface area contributed by atoms with Crippen LogP contribution >= 0.6 is 0 Å². The van der Waals surface area contributed by atoms with Crippen LogP contribution in [-0.2, 0) is 6.54 Å². The van der Waals surface area contributed by atoms with Gasteiger partial charge in [-0.25, -0.2) is 4.79 Å². The second-order valence-electron chi connectivity index (χ2n) is 6.62. The molecule has 0 saturated carbocycles. The van der Waals surface area contributed by atoms with Gasteiger partial charge in [-0.05, 0) is 37.8 Å². The highest BCUT2D eigenvalue weighted by molar-refractivity contribution is 5.74. The van der Waals surface area contributed by atoms with Gasteiger partial charge in [-0.15, -0.1) is 0 Å². The molecule has 0 unspecified atom stereocenters. The zero-order valence-electron chi connectivity index (χ0n) is 13.2. The minimum absolute atomic E-state index is 0.141. The van der Waals surface area contributed by atoms with Crippen molar-refractivity contribution in [3.8, 4) is 0 Å². The molecule has 2 bridgehead atoms. The van der Waals surface area contributed by atoms with Crippen molar-refractivity contribution in [1.82, 2.24) is 14.7 Å². The first-order chi connectivity index (χ1) is 10.0. The third-order valence-corrected chi connectivity index (χ3v) is 4.64. The fourth-order valence-corrected chi connectivity index (χ4v) is 3.58. The number of nitrogens with zero attached hydrogens (tertiary/aromatic N) is 3. The average molecular weight is 291 g/mol. The molecule has 5 heteroatoms. The van der Waals surface area contributed by atoms with Gasteiger partial charge in [0.15, 0.2) is 0 Å². The maximum atomic E-state index is 12.3. The minimum atomic E-state index is 0.141. The van der Waals surface area contributed by atoms with Crippen molar-refractivity contribution in [1.29, 1.82) is 0 Å². The summed E-state index contributed by atoms with van der Waals surface area (Å²) in [6.45, 7) is 5.64.